The third kappa shape index (κ3) is 1.90. The summed E-state index contributed by atoms with van der Waals surface area (Å²) in [6.07, 6.45) is 0. The number of halogens is 2. The lowest BCUT2D eigenvalue weighted by atomic mass is 10.1. The van der Waals surface area contributed by atoms with Gasteiger partial charge in [0, 0.05) is 19.8 Å². The molecule has 0 saturated heterocycles. The summed E-state index contributed by atoms with van der Waals surface area (Å²) in [7, 11) is 2.90. The maximum atomic E-state index is 13.6. The highest BCUT2D eigenvalue weighted by atomic mass is 35.5. The van der Waals surface area contributed by atoms with Crippen molar-refractivity contribution in [2.45, 2.75) is 12.7 Å². The largest absolute Gasteiger partial charge is 0.349 e. The monoisotopic (exact) mass is 218 g/mol. The van der Waals surface area contributed by atoms with E-state index >= 15 is 0 Å². The molecule has 0 aliphatic rings. The van der Waals surface area contributed by atoms with Crippen molar-refractivity contribution in [3.05, 3.63) is 34.6 Å². The summed E-state index contributed by atoms with van der Waals surface area (Å²) in [6.45, 7) is 1.63. The Bertz CT molecular complexity index is 324. The number of methoxy groups -OCH3 is 2. The van der Waals surface area contributed by atoms with Gasteiger partial charge in [-0.15, -0.1) is 0 Å². The maximum absolute atomic E-state index is 13.6. The molecule has 4 heteroatoms. The molecule has 0 radical (unpaired) electrons. The van der Waals surface area contributed by atoms with Crippen molar-refractivity contribution < 1.29 is 13.9 Å². The van der Waals surface area contributed by atoms with E-state index in [4.69, 9.17) is 21.1 Å². The number of rotatable bonds is 3. The Morgan fingerprint density at radius 1 is 1.29 bits per heavy atom. The van der Waals surface area contributed by atoms with Gasteiger partial charge in [0.05, 0.1) is 5.02 Å². The van der Waals surface area contributed by atoms with Crippen molar-refractivity contribution in [3.8, 4) is 0 Å². The van der Waals surface area contributed by atoms with Gasteiger partial charge in [-0.25, -0.2) is 4.39 Å². The van der Waals surface area contributed by atoms with Crippen LogP contribution in [-0.2, 0) is 15.3 Å². The Balaban J connectivity index is 3.24. The first-order valence-electron chi connectivity index (χ1n) is 4.10. The van der Waals surface area contributed by atoms with E-state index in [1.165, 1.54) is 20.3 Å². The molecule has 0 saturated carbocycles. The van der Waals surface area contributed by atoms with Crippen molar-refractivity contribution in [1.82, 2.24) is 0 Å². The minimum atomic E-state index is -1.10. The zero-order valence-corrected chi connectivity index (χ0v) is 9.06. The van der Waals surface area contributed by atoms with Crippen LogP contribution in [0.25, 0.3) is 0 Å². The molecule has 0 aliphatic heterocycles. The normalized spacial score (nSPS) is 11.8. The van der Waals surface area contributed by atoms with Gasteiger partial charge in [-0.1, -0.05) is 23.7 Å². The predicted octanol–water partition coefficient (Wildman–Crippen LogP) is 2.94. The van der Waals surface area contributed by atoms with Gasteiger partial charge in [-0.2, -0.15) is 0 Å². The van der Waals surface area contributed by atoms with Crippen molar-refractivity contribution in [2.24, 2.45) is 0 Å². The Morgan fingerprint density at radius 2 is 1.86 bits per heavy atom. The molecule has 0 heterocycles. The van der Waals surface area contributed by atoms with Gasteiger partial charge in [0.1, 0.15) is 5.82 Å². The zero-order chi connectivity index (χ0) is 10.8. The van der Waals surface area contributed by atoms with E-state index in [1.807, 2.05) is 0 Å². The molecule has 0 spiro atoms. The molecule has 1 rings (SSSR count). The van der Waals surface area contributed by atoms with Crippen LogP contribution in [-0.4, -0.2) is 14.2 Å². The van der Waals surface area contributed by atoms with Crippen LogP contribution in [0.2, 0.25) is 5.02 Å². The lowest BCUT2D eigenvalue weighted by Gasteiger charge is -2.27. The topological polar surface area (TPSA) is 18.5 Å². The van der Waals surface area contributed by atoms with Crippen molar-refractivity contribution in [2.75, 3.05) is 14.2 Å². The molecular formula is C10H12ClFO2. The molecule has 1 aromatic rings. The van der Waals surface area contributed by atoms with Crippen molar-refractivity contribution in [3.63, 3.8) is 0 Å². The van der Waals surface area contributed by atoms with E-state index in [2.05, 4.69) is 0 Å². The summed E-state index contributed by atoms with van der Waals surface area (Å²) < 4.78 is 23.8. The van der Waals surface area contributed by atoms with Gasteiger partial charge in [0.25, 0.3) is 0 Å². The lowest BCUT2D eigenvalue weighted by Crippen LogP contribution is -2.27. The van der Waals surface area contributed by atoms with Gasteiger partial charge in [-0.3, -0.25) is 0 Å². The Hall–Kier alpha value is -0.640. The van der Waals surface area contributed by atoms with Crippen LogP contribution < -0.4 is 0 Å². The second-order valence-corrected chi connectivity index (χ2v) is 3.36. The first-order chi connectivity index (χ1) is 6.55. The molecule has 0 bridgehead atoms. The van der Waals surface area contributed by atoms with Gasteiger partial charge in [0.15, 0.2) is 5.79 Å². The first-order valence-corrected chi connectivity index (χ1v) is 4.47. The molecule has 0 aromatic heterocycles. The highest BCUT2D eigenvalue weighted by molar-refractivity contribution is 6.30. The SMILES string of the molecule is COC(C)(OC)c1cccc(Cl)c1F. The fourth-order valence-electron chi connectivity index (χ4n) is 1.16. The number of ether oxygens (including phenoxy) is 2. The van der Waals surface area contributed by atoms with Crippen LogP contribution >= 0.6 is 11.6 Å². The molecular weight excluding hydrogens is 207 g/mol. The second-order valence-electron chi connectivity index (χ2n) is 2.96. The van der Waals surface area contributed by atoms with Crippen molar-refractivity contribution in [1.29, 1.82) is 0 Å². The summed E-state index contributed by atoms with van der Waals surface area (Å²) in [5, 5.41) is 0.0582. The maximum Gasteiger partial charge on any atom is 0.194 e. The number of hydrogen-bond donors (Lipinski definition) is 0. The summed E-state index contributed by atoms with van der Waals surface area (Å²) in [5.74, 6) is -1.62. The average molecular weight is 219 g/mol. The summed E-state index contributed by atoms with van der Waals surface area (Å²) >= 11 is 5.65. The molecule has 0 unspecified atom stereocenters. The van der Waals surface area contributed by atoms with Crippen LogP contribution in [0.5, 0.6) is 0 Å². The third-order valence-corrected chi connectivity index (χ3v) is 2.51. The highest BCUT2D eigenvalue weighted by Gasteiger charge is 2.29. The fraction of sp³-hybridized carbons (Fsp3) is 0.400. The number of benzene rings is 1. The molecule has 2 nitrogen and oxygen atoms in total. The Morgan fingerprint density at radius 3 is 2.36 bits per heavy atom. The van der Waals surface area contributed by atoms with Crippen molar-refractivity contribution >= 4 is 11.6 Å². The van der Waals surface area contributed by atoms with Crippen LogP contribution in [0.1, 0.15) is 12.5 Å². The summed E-state index contributed by atoms with van der Waals surface area (Å²) in [4.78, 5) is 0. The van der Waals surface area contributed by atoms with Gasteiger partial charge >= 0.3 is 0 Å². The minimum Gasteiger partial charge on any atom is -0.349 e. The molecule has 0 atom stereocenters. The van der Waals surface area contributed by atoms with Gasteiger partial charge in [-0.05, 0) is 13.0 Å². The van der Waals surface area contributed by atoms with E-state index in [1.54, 1.807) is 19.1 Å². The standard InChI is InChI=1S/C10H12ClFO2/c1-10(13-2,14-3)7-5-4-6-8(11)9(7)12/h4-6H,1-3H3. The van der Waals surface area contributed by atoms with Gasteiger partial charge < -0.3 is 9.47 Å². The number of hydrogen-bond acceptors (Lipinski definition) is 2. The van der Waals surface area contributed by atoms with E-state index in [0.29, 0.717) is 0 Å². The van der Waals surface area contributed by atoms with Crippen LogP contribution in [0.15, 0.2) is 18.2 Å². The third-order valence-electron chi connectivity index (χ3n) is 2.22. The molecule has 78 valence electrons. The zero-order valence-electron chi connectivity index (χ0n) is 8.30. The molecule has 0 aliphatic carbocycles. The molecule has 14 heavy (non-hydrogen) atoms. The molecule has 1 aromatic carbocycles. The van der Waals surface area contributed by atoms with Crippen LogP contribution in [0.4, 0.5) is 4.39 Å². The summed E-state index contributed by atoms with van der Waals surface area (Å²) in [6, 6.07) is 4.71. The van der Waals surface area contributed by atoms with E-state index < -0.39 is 11.6 Å². The first kappa shape index (κ1) is 11.4. The quantitative estimate of drug-likeness (QED) is 0.727. The van der Waals surface area contributed by atoms with Gasteiger partial charge in [0.2, 0.25) is 0 Å². The highest BCUT2D eigenvalue weighted by Crippen LogP contribution is 2.30. The van der Waals surface area contributed by atoms with Crippen LogP contribution in [0.3, 0.4) is 0 Å². The second kappa shape index (κ2) is 4.26. The molecule has 0 amide bonds. The molecule has 0 fully saturated rings. The minimum absolute atomic E-state index is 0.0582. The molecule has 0 N–H and O–H groups in total. The van der Waals surface area contributed by atoms with E-state index in [9.17, 15) is 4.39 Å². The smallest absolute Gasteiger partial charge is 0.194 e. The van der Waals surface area contributed by atoms with Crippen LogP contribution in [0, 0.1) is 5.82 Å². The average Bonchev–Trinajstić information content (AvgIpc) is 2.21. The fourth-order valence-corrected chi connectivity index (χ4v) is 1.33. The Kier molecular flexibility index (Phi) is 3.48. The lowest BCUT2D eigenvalue weighted by molar-refractivity contribution is -0.203. The van der Waals surface area contributed by atoms with E-state index in [0.717, 1.165) is 0 Å². The van der Waals surface area contributed by atoms with E-state index in [-0.39, 0.29) is 10.6 Å². The Labute approximate surface area is 87.6 Å². The summed E-state index contributed by atoms with van der Waals surface area (Å²) in [5.41, 5.74) is 0.287. The predicted molar refractivity (Wildman–Crippen MR) is 52.8 cm³/mol.